The fraction of sp³-hybridized carbons (Fsp3) is 0.889. The quantitative estimate of drug-likeness (QED) is 0.540. The molecule has 10 heavy (non-hydrogen) atoms. The molecule has 0 bridgehead atoms. The fourth-order valence-corrected chi connectivity index (χ4v) is 2.61. The van der Waals surface area contributed by atoms with Crippen LogP contribution in [-0.4, -0.2) is 5.78 Å². The van der Waals surface area contributed by atoms with Crippen LogP contribution in [0.2, 0.25) is 0 Å². The summed E-state index contributed by atoms with van der Waals surface area (Å²) in [7, 11) is 0. The van der Waals surface area contributed by atoms with Gasteiger partial charge in [-0.1, -0.05) is 13.8 Å². The van der Waals surface area contributed by atoms with E-state index in [0.717, 1.165) is 24.2 Å². The Morgan fingerprint density at radius 2 is 2.20 bits per heavy atom. The van der Waals surface area contributed by atoms with Crippen LogP contribution in [0.15, 0.2) is 0 Å². The lowest BCUT2D eigenvalue weighted by Crippen LogP contribution is -2.03. The number of carbonyl (C=O) groups excluding carboxylic acids is 1. The molecule has 1 heteroatoms. The van der Waals surface area contributed by atoms with E-state index < -0.39 is 0 Å². The molecule has 2 aliphatic rings. The Hall–Kier alpha value is -0.330. The minimum Gasteiger partial charge on any atom is -0.299 e. The molecular weight excluding hydrogens is 124 g/mol. The summed E-state index contributed by atoms with van der Waals surface area (Å²) in [6, 6.07) is 0. The van der Waals surface area contributed by atoms with Gasteiger partial charge >= 0.3 is 0 Å². The SMILES string of the molecule is CC(C)[C@@H]1[C@H]2CCC(=O)[C@H]21. The molecule has 0 aromatic carbocycles. The second kappa shape index (κ2) is 1.84. The maximum atomic E-state index is 11.1. The van der Waals surface area contributed by atoms with Crippen molar-refractivity contribution < 1.29 is 4.79 Å². The van der Waals surface area contributed by atoms with Crippen LogP contribution in [0.25, 0.3) is 0 Å². The lowest BCUT2D eigenvalue weighted by Gasteiger charge is -2.04. The van der Waals surface area contributed by atoms with Gasteiger partial charge in [-0.25, -0.2) is 0 Å². The first kappa shape index (κ1) is 6.38. The van der Waals surface area contributed by atoms with Crippen molar-refractivity contribution in [2.75, 3.05) is 0 Å². The molecule has 2 saturated carbocycles. The first-order chi connectivity index (χ1) is 4.72. The molecule has 0 N–H and O–H groups in total. The summed E-state index contributed by atoms with van der Waals surface area (Å²) in [5, 5.41) is 0. The zero-order chi connectivity index (χ0) is 7.30. The standard InChI is InChI=1S/C9H14O/c1-5(2)8-6-3-4-7(10)9(6)8/h5-6,8-9H,3-4H2,1-2H3/t6-,8-,9+/m1/s1. The van der Waals surface area contributed by atoms with Gasteiger partial charge in [0.15, 0.2) is 0 Å². The average molecular weight is 138 g/mol. The van der Waals surface area contributed by atoms with E-state index in [1.165, 1.54) is 6.42 Å². The van der Waals surface area contributed by atoms with E-state index in [2.05, 4.69) is 13.8 Å². The predicted molar refractivity (Wildman–Crippen MR) is 39.5 cm³/mol. The van der Waals surface area contributed by atoms with Crippen molar-refractivity contribution in [2.24, 2.45) is 23.7 Å². The van der Waals surface area contributed by atoms with Gasteiger partial charge < -0.3 is 0 Å². The zero-order valence-corrected chi connectivity index (χ0v) is 6.63. The molecule has 0 aromatic rings. The number of hydrogen-bond donors (Lipinski definition) is 0. The molecule has 2 fully saturated rings. The molecule has 0 amide bonds. The molecule has 0 heterocycles. The maximum Gasteiger partial charge on any atom is 0.136 e. The van der Waals surface area contributed by atoms with Gasteiger partial charge in [0.05, 0.1) is 0 Å². The van der Waals surface area contributed by atoms with Crippen molar-refractivity contribution in [1.82, 2.24) is 0 Å². The minimum absolute atomic E-state index is 0.500. The Labute approximate surface area is 61.8 Å². The Kier molecular flexibility index (Phi) is 1.17. The molecule has 0 radical (unpaired) electrons. The molecule has 0 unspecified atom stereocenters. The molecule has 0 aromatic heterocycles. The van der Waals surface area contributed by atoms with Gasteiger partial charge in [0, 0.05) is 12.3 Å². The molecule has 2 rings (SSSR count). The second-order valence-corrected chi connectivity index (χ2v) is 4.02. The van der Waals surface area contributed by atoms with E-state index in [1.54, 1.807) is 0 Å². The number of fused-ring (bicyclic) bond motifs is 1. The van der Waals surface area contributed by atoms with Crippen molar-refractivity contribution in [3.8, 4) is 0 Å². The van der Waals surface area contributed by atoms with Crippen LogP contribution in [-0.2, 0) is 4.79 Å². The van der Waals surface area contributed by atoms with Gasteiger partial charge in [0.1, 0.15) is 5.78 Å². The number of Topliss-reactive ketones (excluding diaryl/α,β-unsaturated/α-hetero) is 1. The lowest BCUT2D eigenvalue weighted by molar-refractivity contribution is -0.119. The smallest absolute Gasteiger partial charge is 0.136 e. The Morgan fingerprint density at radius 1 is 1.50 bits per heavy atom. The lowest BCUT2D eigenvalue weighted by atomic mass is 10.0. The molecular formula is C9H14O. The van der Waals surface area contributed by atoms with E-state index in [-0.39, 0.29) is 0 Å². The highest BCUT2D eigenvalue weighted by Gasteiger charge is 2.58. The monoisotopic (exact) mass is 138 g/mol. The summed E-state index contributed by atoms with van der Waals surface area (Å²) < 4.78 is 0. The summed E-state index contributed by atoms with van der Waals surface area (Å²) in [5.74, 6) is 3.34. The summed E-state index contributed by atoms with van der Waals surface area (Å²) in [4.78, 5) is 11.1. The third-order valence-corrected chi connectivity index (χ3v) is 3.10. The van der Waals surface area contributed by atoms with Crippen LogP contribution in [0.1, 0.15) is 26.7 Å². The molecule has 2 aliphatic carbocycles. The van der Waals surface area contributed by atoms with Gasteiger partial charge in [0.2, 0.25) is 0 Å². The Bertz CT molecular complexity index is 172. The minimum atomic E-state index is 0.500. The third kappa shape index (κ3) is 0.664. The van der Waals surface area contributed by atoms with Gasteiger partial charge in [-0.05, 0) is 24.2 Å². The van der Waals surface area contributed by atoms with Crippen LogP contribution in [0.4, 0.5) is 0 Å². The number of rotatable bonds is 1. The molecule has 0 spiro atoms. The van der Waals surface area contributed by atoms with E-state index in [0.29, 0.717) is 11.7 Å². The zero-order valence-electron chi connectivity index (χ0n) is 6.63. The molecule has 1 nitrogen and oxygen atoms in total. The summed E-state index contributed by atoms with van der Waals surface area (Å²) in [6.45, 7) is 4.46. The summed E-state index contributed by atoms with van der Waals surface area (Å²) in [5.41, 5.74) is 0. The van der Waals surface area contributed by atoms with Crippen molar-refractivity contribution >= 4 is 5.78 Å². The largest absolute Gasteiger partial charge is 0.299 e. The van der Waals surface area contributed by atoms with Crippen LogP contribution in [0.5, 0.6) is 0 Å². The summed E-state index contributed by atoms with van der Waals surface area (Å²) >= 11 is 0. The highest BCUT2D eigenvalue weighted by Crippen LogP contribution is 2.58. The van der Waals surface area contributed by atoms with Crippen LogP contribution in [0.3, 0.4) is 0 Å². The highest BCUT2D eigenvalue weighted by atomic mass is 16.1. The van der Waals surface area contributed by atoms with Gasteiger partial charge in [-0.3, -0.25) is 4.79 Å². The Morgan fingerprint density at radius 3 is 2.50 bits per heavy atom. The number of carbonyl (C=O) groups is 1. The topological polar surface area (TPSA) is 17.1 Å². The van der Waals surface area contributed by atoms with Crippen molar-refractivity contribution in [3.63, 3.8) is 0 Å². The van der Waals surface area contributed by atoms with Gasteiger partial charge in [0.25, 0.3) is 0 Å². The molecule has 0 saturated heterocycles. The molecule has 3 atom stereocenters. The fourth-order valence-electron chi connectivity index (χ4n) is 2.61. The molecule has 56 valence electrons. The van der Waals surface area contributed by atoms with Crippen molar-refractivity contribution in [1.29, 1.82) is 0 Å². The van der Waals surface area contributed by atoms with Gasteiger partial charge in [-0.15, -0.1) is 0 Å². The first-order valence-electron chi connectivity index (χ1n) is 4.24. The van der Waals surface area contributed by atoms with Crippen LogP contribution in [0, 0.1) is 23.7 Å². The van der Waals surface area contributed by atoms with E-state index in [1.807, 2.05) is 0 Å². The first-order valence-corrected chi connectivity index (χ1v) is 4.24. The van der Waals surface area contributed by atoms with Crippen LogP contribution >= 0.6 is 0 Å². The average Bonchev–Trinajstić information content (AvgIpc) is 2.48. The van der Waals surface area contributed by atoms with Crippen molar-refractivity contribution in [2.45, 2.75) is 26.7 Å². The highest BCUT2D eigenvalue weighted by molar-refractivity contribution is 5.87. The van der Waals surface area contributed by atoms with Crippen molar-refractivity contribution in [3.05, 3.63) is 0 Å². The molecule has 0 aliphatic heterocycles. The van der Waals surface area contributed by atoms with Crippen LogP contribution < -0.4 is 0 Å². The number of hydrogen-bond acceptors (Lipinski definition) is 1. The maximum absolute atomic E-state index is 11.1. The van der Waals surface area contributed by atoms with E-state index in [4.69, 9.17) is 0 Å². The normalized spacial score (nSPS) is 44.3. The third-order valence-electron chi connectivity index (χ3n) is 3.10. The predicted octanol–water partition coefficient (Wildman–Crippen LogP) is 1.87. The van der Waals surface area contributed by atoms with E-state index in [9.17, 15) is 4.79 Å². The van der Waals surface area contributed by atoms with Gasteiger partial charge in [-0.2, -0.15) is 0 Å². The summed E-state index contributed by atoms with van der Waals surface area (Å²) in [6.07, 6.45) is 2.06. The second-order valence-electron chi connectivity index (χ2n) is 4.02. The van der Waals surface area contributed by atoms with E-state index >= 15 is 0 Å². The number of ketones is 1. The Balaban J connectivity index is 2.05.